The van der Waals surface area contributed by atoms with Crippen molar-refractivity contribution < 1.29 is 13.2 Å². The third-order valence-corrected chi connectivity index (χ3v) is 4.88. The van der Waals surface area contributed by atoms with Gasteiger partial charge < -0.3 is 5.32 Å². The molecule has 1 rings (SSSR count). The topological polar surface area (TPSA) is 101 Å². The predicted molar refractivity (Wildman–Crippen MR) is 72.4 cm³/mol. The molecule has 1 aromatic rings. The minimum Gasteiger partial charge on any atom is -0.301 e. The van der Waals surface area contributed by atoms with Crippen molar-refractivity contribution in [2.75, 3.05) is 11.9 Å². The standard InChI is InChI=1S/C8H13BrN4O3S2/c1-5(9)3-4-10-18(15,16)8-13-12-7(17-8)11-6(2)14/h5,10H,3-4H2,1-2H3,(H,11,12,14). The molecular weight excluding hydrogens is 344 g/mol. The van der Waals surface area contributed by atoms with Crippen LogP contribution in [0.1, 0.15) is 20.3 Å². The van der Waals surface area contributed by atoms with Crippen LogP contribution in [-0.4, -0.2) is 35.9 Å². The van der Waals surface area contributed by atoms with Crippen molar-refractivity contribution in [3.8, 4) is 0 Å². The van der Waals surface area contributed by atoms with Gasteiger partial charge in [-0.1, -0.05) is 34.2 Å². The van der Waals surface area contributed by atoms with E-state index in [4.69, 9.17) is 0 Å². The number of sulfonamides is 1. The fourth-order valence-electron chi connectivity index (χ4n) is 0.973. The van der Waals surface area contributed by atoms with Gasteiger partial charge in [-0.05, 0) is 6.42 Å². The summed E-state index contributed by atoms with van der Waals surface area (Å²) in [5, 5.41) is 9.65. The van der Waals surface area contributed by atoms with Crippen LogP contribution >= 0.6 is 27.3 Å². The van der Waals surface area contributed by atoms with E-state index in [0.717, 1.165) is 11.3 Å². The molecule has 1 atom stereocenters. The first kappa shape index (κ1) is 15.5. The first-order chi connectivity index (χ1) is 8.31. The maximum atomic E-state index is 11.8. The zero-order valence-electron chi connectivity index (χ0n) is 9.81. The highest BCUT2D eigenvalue weighted by Crippen LogP contribution is 2.19. The van der Waals surface area contributed by atoms with Gasteiger partial charge in [-0.25, -0.2) is 13.1 Å². The van der Waals surface area contributed by atoms with E-state index >= 15 is 0 Å². The molecule has 10 heteroatoms. The van der Waals surface area contributed by atoms with Crippen LogP contribution in [0, 0.1) is 0 Å². The molecule has 0 saturated heterocycles. The molecule has 0 aromatic carbocycles. The number of amides is 1. The van der Waals surface area contributed by atoms with E-state index in [1.807, 2.05) is 6.92 Å². The number of nitrogens with one attached hydrogen (secondary N) is 2. The van der Waals surface area contributed by atoms with E-state index < -0.39 is 10.0 Å². The summed E-state index contributed by atoms with van der Waals surface area (Å²) in [4.78, 5) is 11.0. The quantitative estimate of drug-likeness (QED) is 0.583. The summed E-state index contributed by atoms with van der Waals surface area (Å²) >= 11 is 4.13. The Morgan fingerprint density at radius 3 is 2.72 bits per heavy atom. The van der Waals surface area contributed by atoms with Crippen molar-refractivity contribution in [1.82, 2.24) is 14.9 Å². The first-order valence-corrected chi connectivity index (χ1v) is 8.27. The fourth-order valence-corrected chi connectivity index (χ4v) is 3.24. The lowest BCUT2D eigenvalue weighted by atomic mass is 10.3. The van der Waals surface area contributed by atoms with Crippen molar-refractivity contribution >= 4 is 48.3 Å². The number of hydrogen-bond acceptors (Lipinski definition) is 6. The van der Waals surface area contributed by atoms with Crippen molar-refractivity contribution in [1.29, 1.82) is 0 Å². The first-order valence-electron chi connectivity index (χ1n) is 5.06. The zero-order valence-corrected chi connectivity index (χ0v) is 13.0. The van der Waals surface area contributed by atoms with Gasteiger partial charge in [0.2, 0.25) is 15.4 Å². The van der Waals surface area contributed by atoms with Crippen LogP contribution in [0.2, 0.25) is 0 Å². The SMILES string of the molecule is CC(=O)Nc1nnc(S(=O)(=O)NCCC(C)Br)s1. The van der Waals surface area contributed by atoms with Crippen molar-refractivity contribution in [2.45, 2.75) is 29.4 Å². The molecule has 102 valence electrons. The Balaban J connectivity index is 2.67. The number of carbonyl (C=O) groups is 1. The number of alkyl halides is 1. The maximum absolute atomic E-state index is 11.8. The summed E-state index contributed by atoms with van der Waals surface area (Å²) in [7, 11) is -3.65. The zero-order chi connectivity index (χ0) is 13.8. The van der Waals surface area contributed by atoms with Crippen molar-refractivity contribution in [2.24, 2.45) is 0 Å². The lowest BCUT2D eigenvalue weighted by Crippen LogP contribution is -2.25. The van der Waals surface area contributed by atoms with Crippen LogP contribution in [0.25, 0.3) is 0 Å². The number of halogens is 1. The molecule has 7 nitrogen and oxygen atoms in total. The predicted octanol–water partition coefficient (Wildman–Crippen LogP) is 0.948. The van der Waals surface area contributed by atoms with Crippen molar-refractivity contribution in [3.63, 3.8) is 0 Å². The minimum absolute atomic E-state index is 0.159. The van der Waals surface area contributed by atoms with Crippen LogP contribution in [0.4, 0.5) is 5.13 Å². The van der Waals surface area contributed by atoms with Gasteiger partial charge in [-0.3, -0.25) is 4.79 Å². The number of hydrogen-bond donors (Lipinski definition) is 2. The smallest absolute Gasteiger partial charge is 0.269 e. The largest absolute Gasteiger partial charge is 0.301 e. The highest BCUT2D eigenvalue weighted by Gasteiger charge is 2.20. The fraction of sp³-hybridized carbons (Fsp3) is 0.625. The van der Waals surface area contributed by atoms with Crippen LogP contribution in [-0.2, 0) is 14.8 Å². The summed E-state index contributed by atoms with van der Waals surface area (Å²) in [6, 6.07) is 0. The van der Waals surface area contributed by atoms with E-state index in [9.17, 15) is 13.2 Å². The van der Waals surface area contributed by atoms with Gasteiger partial charge in [0.25, 0.3) is 10.0 Å². The lowest BCUT2D eigenvalue weighted by Gasteiger charge is -2.04. The average molecular weight is 357 g/mol. The molecule has 1 aromatic heterocycles. The highest BCUT2D eigenvalue weighted by molar-refractivity contribution is 9.09. The third-order valence-electron chi connectivity index (χ3n) is 1.75. The molecule has 0 saturated carbocycles. The number of nitrogens with zero attached hydrogens (tertiary/aromatic N) is 2. The Kier molecular flexibility index (Phi) is 5.63. The van der Waals surface area contributed by atoms with Crippen LogP contribution in [0.3, 0.4) is 0 Å². The Hall–Kier alpha value is -0.580. The van der Waals surface area contributed by atoms with Gasteiger partial charge in [0.1, 0.15) is 0 Å². The van der Waals surface area contributed by atoms with E-state index in [1.165, 1.54) is 6.92 Å². The molecular formula is C8H13BrN4O3S2. The number of rotatable bonds is 6. The normalized spacial score (nSPS) is 13.3. The second-order valence-corrected chi connectivity index (χ2v) is 8.00. The summed E-state index contributed by atoms with van der Waals surface area (Å²) < 4.78 is 25.8. The van der Waals surface area contributed by atoms with E-state index in [1.54, 1.807) is 0 Å². The van der Waals surface area contributed by atoms with E-state index in [2.05, 4.69) is 36.2 Å². The summed E-state index contributed by atoms with van der Waals surface area (Å²) in [6.45, 7) is 3.54. The summed E-state index contributed by atoms with van der Waals surface area (Å²) in [5.41, 5.74) is 0. The Morgan fingerprint density at radius 2 is 2.17 bits per heavy atom. The highest BCUT2D eigenvalue weighted by atomic mass is 79.9. The molecule has 0 aliphatic carbocycles. The second-order valence-electron chi connectivity index (χ2n) is 3.52. The Morgan fingerprint density at radius 1 is 1.50 bits per heavy atom. The van der Waals surface area contributed by atoms with Gasteiger partial charge in [-0.15, -0.1) is 10.2 Å². The van der Waals surface area contributed by atoms with E-state index in [0.29, 0.717) is 13.0 Å². The molecule has 1 unspecified atom stereocenters. The van der Waals surface area contributed by atoms with Crippen LogP contribution in [0.15, 0.2) is 4.34 Å². The summed E-state index contributed by atoms with van der Waals surface area (Å²) in [5.74, 6) is -0.323. The molecule has 18 heavy (non-hydrogen) atoms. The molecule has 0 spiro atoms. The number of carbonyl (C=O) groups excluding carboxylic acids is 1. The van der Waals surface area contributed by atoms with Gasteiger partial charge >= 0.3 is 0 Å². The third kappa shape index (κ3) is 4.96. The van der Waals surface area contributed by atoms with E-state index in [-0.39, 0.29) is 20.2 Å². The molecule has 0 aliphatic rings. The van der Waals surface area contributed by atoms with Crippen LogP contribution in [0.5, 0.6) is 0 Å². The minimum atomic E-state index is -3.65. The molecule has 1 heterocycles. The Bertz CT molecular complexity index is 514. The van der Waals surface area contributed by atoms with Crippen molar-refractivity contribution in [3.05, 3.63) is 0 Å². The Labute approximate surface area is 118 Å². The molecule has 1 amide bonds. The molecule has 2 N–H and O–H groups in total. The second kappa shape index (κ2) is 6.55. The van der Waals surface area contributed by atoms with Crippen LogP contribution < -0.4 is 10.0 Å². The van der Waals surface area contributed by atoms with Gasteiger partial charge in [0.15, 0.2) is 0 Å². The molecule has 0 fully saturated rings. The summed E-state index contributed by atoms with van der Waals surface area (Å²) in [6.07, 6.45) is 0.663. The van der Waals surface area contributed by atoms with Gasteiger partial charge in [-0.2, -0.15) is 0 Å². The number of anilines is 1. The van der Waals surface area contributed by atoms with Gasteiger partial charge in [0, 0.05) is 18.3 Å². The molecule has 0 aliphatic heterocycles. The van der Waals surface area contributed by atoms with Gasteiger partial charge in [0.05, 0.1) is 0 Å². The number of aromatic nitrogens is 2. The maximum Gasteiger partial charge on any atom is 0.269 e. The monoisotopic (exact) mass is 356 g/mol. The molecule has 0 bridgehead atoms. The average Bonchev–Trinajstić information content (AvgIpc) is 2.64. The lowest BCUT2D eigenvalue weighted by molar-refractivity contribution is -0.114. The molecule has 0 radical (unpaired) electrons.